The Bertz CT molecular complexity index is 2140. The zero-order valence-corrected chi connectivity index (χ0v) is 43.4. The molecular formula is C48H78N12O15. The fourth-order valence-electron chi connectivity index (χ4n) is 7.37. The molecule has 27 nitrogen and oxygen atoms in total. The van der Waals surface area contributed by atoms with E-state index < -0.39 is 176 Å². The number of hydrogen-bond donors (Lipinski definition) is 15. The number of hydrogen-bond acceptors (Lipinski definition) is 15. The Morgan fingerprint density at radius 1 is 0.533 bits per heavy atom. The number of carboxylic acid groups (broad SMARTS) is 2. The summed E-state index contributed by atoms with van der Waals surface area (Å²) in [7, 11) is 0. The van der Waals surface area contributed by atoms with E-state index in [1.165, 1.54) is 24.3 Å². The van der Waals surface area contributed by atoms with Gasteiger partial charge in [-0.3, -0.25) is 52.7 Å². The van der Waals surface area contributed by atoms with Crippen LogP contribution in [0.25, 0.3) is 0 Å². The van der Waals surface area contributed by atoms with Crippen LogP contribution < -0.4 is 65.5 Å². The molecule has 19 N–H and O–H groups in total. The van der Waals surface area contributed by atoms with Gasteiger partial charge in [0.1, 0.15) is 54.1 Å². The molecule has 1 rings (SSSR count). The minimum absolute atomic E-state index is 0.0361. The first kappa shape index (κ1) is 65.6. The van der Waals surface area contributed by atoms with Gasteiger partial charge in [-0.25, -0.2) is 4.79 Å². The van der Waals surface area contributed by atoms with Gasteiger partial charge < -0.3 is 80.8 Å². The van der Waals surface area contributed by atoms with E-state index >= 15 is 0 Å². The van der Waals surface area contributed by atoms with Crippen LogP contribution in [0.4, 0.5) is 0 Å². The maximum Gasteiger partial charge on any atom is 0.326 e. The van der Waals surface area contributed by atoms with Crippen molar-refractivity contribution in [1.82, 2.24) is 42.5 Å². The van der Waals surface area contributed by atoms with Crippen LogP contribution in [0.1, 0.15) is 111 Å². The number of aromatic hydroxyl groups is 1. The van der Waals surface area contributed by atoms with Gasteiger partial charge in [0.2, 0.25) is 59.1 Å². The third-order valence-electron chi connectivity index (χ3n) is 11.8. The molecule has 0 saturated carbocycles. The Hall–Kier alpha value is -7.42. The van der Waals surface area contributed by atoms with Crippen molar-refractivity contribution in [2.75, 3.05) is 13.1 Å². The number of carboxylic acids is 2. The van der Waals surface area contributed by atoms with Gasteiger partial charge in [-0.15, -0.1) is 0 Å². The molecule has 0 heterocycles. The van der Waals surface area contributed by atoms with E-state index in [4.69, 9.17) is 22.9 Å². The molecule has 9 atom stereocenters. The van der Waals surface area contributed by atoms with Crippen molar-refractivity contribution >= 4 is 71.0 Å². The fourth-order valence-corrected chi connectivity index (χ4v) is 7.37. The van der Waals surface area contributed by atoms with E-state index in [0.29, 0.717) is 31.4 Å². The zero-order chi connectivity index (χ0) is 57.1. The van der Waals surface area contributed by atoms with Gasteiger partial charge >= 0.3 is 11.9 Å². The molecule has 75 heavy (non-hydrogen) atoms. The molecule has 0 aliphatic carbocycles. The largest absolute Gasteiger partial charge is 0.508 e. The number of nitrogens with one attached hydrogen (secondary N) is 8. The van der Waals surface area contributed by atoms with Crippen molar-refractivity contribution in [3.63, 3.8) is 0 Å². The fraction of sp³-hybridized carbons (Fsp3) is 0.625. The van der Waals surface area contributed by atoms with Gasteiger partial charge in [0.15, 0.2) is 0 Å². The molecule has 1 aromatic carbocycles. The van der Waals surface area contributed by atoms with Crippen LogP contribution in [0.5, 0.6) is 5.75 Å². The Morgan fingerprint density at radius 2 is 1.01 bits per heavy atom. The topological polar surface area (TPSA) is 466 Å². The summed E-state index contributed by atoms with van der Waals surface area (Å²) in [6.07, 6.45) is -2.12. The van der Waals surface area contributed by atoms with Crippen LogP contribution in [-0.2, 0) is 64.0 Å². The lowest BCUT2D eigenvalue weighted by Gasteiger charge is -2.29. The summed E-state index contributed by atoms with van der Waals surface area (Å²) in [6, 6.07) is -6.76. The lowest BCUT2D eigenvalue weighted by Crippen LogP contribution is -2.61. The van der Waals surface area contributed by atoms with Crippen LogP contribution in [-0.4, -0.2) is 148 Å². The first-order chi connectivity index (χ1) is 35.1. The second-order valence-corrected chi connectivity index (χ2v) is 19.0. The number of benzene rings is 1. The predicted octanol–water partition coefficient (Wildman–Crippen LogP) is -3.26. The van der Waals surface area contributed by atoms with E-state index in [2.05, 4.69) is 42.5 Å². The average molecular weight is 1060 g/mol. The quantitative estimate of drug-likeness (QED) is 0.0293. The number of rotatable bonds is 36. The lowest BCUT2D eigenvalue weighted by molar-refractivity contribution is -0.143. The number of phenols is 1. The molecule has 0 unspecified atom stereocenters. The Kier molecular flexibility index (Phi) is 29.2. The van der Waals surface area contributed by atoms with E-state index in [0.717, 1.165) is 0 Å². The smallest absolute Gasteiger partial charge is 0.326 e. The molecular weight excluding hydrogens is 985 g/mol. The number of primary amides is 2. The van der Waals surface area contributed by atoms with Crippen LogP contribution in [0, 0.1) is 17.8 Å². The third-order valence-corrected chi connectivity index (χ3v) is 11.8. The van der Waals surface area contributed by atoms with Gasteiger partial charge in [0.05, 0.1) is 13.0 Å². The Labute approximate surface area is 435 Å². The highest BCUT2D eigenvalue weighted by molar-refractivity contribution is 5.99. The normalized spacial score (nSPS) is 14.7. The maximum atomic E-state index is 14.3. The minimum Gasteiger partial charge on any atom is -0.508 e. The third kappa shape index (κ3) is 24.9. The Morgan fingerprint density at radius 3 is 1.51 bits per heavy atom. The second-order valence-electron chi connectivity index (χ2n) is 19.0. The maximum absolute atomic E-state index is 14.3. The molecule has 0 spiro atoms. The molecule has 0 aliphatic rings. The number of carbonyl (C=O) groups is 12. The molecule has 27 heteroatoms. The first-order valence-corrected chi connectivity index (χ1v) is 24.7. The monoisotopic (exact) mass is 1060 g/mol. The molecule has 0 aromatic heterocycles. The number of aliphatic carboxylic acids is 2. The molecule has 0 radical (unpaired) electrons. The molecule has 0 fully saturated rings. The number of carbonyl (C=O) groups excluding carboxylic acids is 10. The lowest BCUT2D eigenvalue weighted by atomic mass is 9.96. The summed E-state index contributed by atoms with van der Waals surface area (Å²) in [5.41, 5.74) is 22.0. The van der Waals surface area contributed by atoms with Crippen LogP contribution in [0.15, 0.2) is 24.3 Å². The van der Waals surface area contributed by atoms with Gasteiger partial charge in [-0.05, 0) is 80.5 Å². The van der Waals surface area contributed by atoms with Crippen LogP contribution >= 0.6 is 0 Å². The SMILES string of the molecule is CC[C@H](C)[C@H](NC(=O)[C@H](CC(C)C)NC(=O)[C@H](CCC(=O)O)NC(=O)[C@H](Cc1ccc(O)cc1)NC(=O)[C@H](CC(N)=O)NC(=O)[C@H](CCC(N)=O)NC(=O)[C@@H](NC(=O)CN)C(C)C)C(=O)N[C@@H](CCCCN)C(=O)O. The summed E-state index contributed by atoms with van der Waals surface area (Å²) >= 11 is 0. The first-order valence-electron chi connectivity index (χ1n) is 24.7. The molecule has 0 bridgehead atoms. The minimum atomic E-state index is -1.87. The summed E-state index contributed by atoms with van der Waals surface area (Å²) in [6.45, 7) is 9.86. The molecule has 0 aliphatic heterocycles. The second kappa shape index (κ2) is 33.4. The van der Waals surface area contributed by atoms with Crippen molar-refractivity contribution in [3.05, 3.63) is 29.8 Å². The number of nitrogens with two attached hydrogens (primary N) is 4. The summed E-state index contributed by atoms with van der Waals surface area (Å²) in [4.78, 5) is 157. The van der Waals surface area contributed by atoms with E-state index in [-0.39, 0.29) is 24.5 Å². The number of phenolic OH excluding ortho intramolecular Hbond substituents is 1. The van der Waals surface area contributed by atoms with Crippen molar-refractivity contribution in [3.8, 4) is 5.75 Å². The van der Waals surface area contributed by atoms with E-state index in [1.807, 2.05) is 0 Å². The molecule has 1 aromatic rings. The molecule has 0 saturated heterocycles. The molecule has 10 amide bonds. The van der Waals surface area contributed by atoms with Gasteiger partial charge in [-0.2, -0.15) is 0 Å². The van der Waals surface area contributed by atoms with Gasteiger partial charge in [0.25, 0.3) is 0 Å². The predicted molar refractivity (Wildman–Crippen MR) is 270 cm³/mol. The Balaban J connectivity index is 3.67. The van der Waals surface area contributed by atoms with E-state index in [9.17, 15) is 72.9 Å². The van der Waals surface area contributed by atoms with Crippen LogP contribution in [0.3, 0.4) is 0 Å². The van der Waals surface area contributed by atoms with Crippen molar-refractivity contribution < 1.29 is 72.9 Å². The van der Waals surface area contributed by atoms with Crippen molar-refractivity contribution in [1.29, 1.82) is 0 Å². The highest BCUT2D eigenvalue weighted by atomic mass is 16.4. The summed E-state index contributed by atoms with van der Waals surface area (Å²) in [5, 5.41) is 49.0. The highest BCUT2D eigenvalue weighted by Gasteiger charge is 2.37. The van der Waals surface area contributed by atoms with Gasteiger partial charge in [0, 0.05) is 19.3 Å². The zero-order valence-electron chi connectivity index (χ0n) is 43.4. The van der Waals surface area contributed by atoms with E-state index in [1.54, 1.807) is 41.5 Å². The van der Waals surface area contributed by atoms with Gasteiger partial charge in [-0.1, -0.05) is 60.1 Å². The van der Waals surface area contributed by atoms with Crippen LogP contribution in [0.2, 0.25) is 0 Å². The summed E-state index contributed by atoms with van der Waals surface area (Å²) < 4.78 is 0. The highest BCUT2D eigenvalue weighted by Crippen LogP contribution is 2.15. The van der Waals surface area contributed by atoms with Crippen molar-refractivity contribution in [2.45, 2.75) is 161 Å². The number of amides is 10. The molecule has 420 valence electrons. The standard InChI is InChI=1S/C48H78N12O15/c1-7-26(6)40(47(73)55-31(48(74)75)10-8-9-19-49)60-45(71)32(20-24(2)3)56-42(68)30(16-18-38(65)66)53-43(69)33(21-27-11-13-28(61)14-12-27)57-44(70)34(22-36(52)63)58-41(67)29(15-17-35(51)62)54-46(72)39(25(4)5)59-37(64)23-50/h11-14,24-26,29-34,39-40,61H,7-10,15-23,49-50H2,1-6H3,(H2,51,62)(H2,52,63)(H,53,69)(H,54,72)(H,55,73)(H,56,68)(H,57,70)(H,58,67)(H,59,64)(H,60,71)(H,65,66)(H,74,75)/t26-,29-,30-,31-,32-,33-,34-,39-,40-/m0/s1. The average Bonchev–Trinajstić information content (AvgIpc) is 3.33. The summed E-state index contributed by atoms with van der Waals surface area (Å²) in [5.74, 6) is -13.9. The number of unbranched alkanes of at least 4 members (excludes halogenated alkanes) is 1. The van der Waals surface area contributed by atoms with Crippen molar-refractivity contribution in [2.24, 2.45) is 40.7 Å².